The number of carbonyl (C=O) groups is 1. The van der Waals surface area contributed by atoms with E-state index in [4.69, 9.17) is 4.74 Å². The van der Waals surface area contributed by atoms with Crippen LogP contribution in [0, 0.1) is 0 Å². The molecule has 0 aliphatic rings. The molecule has 3 aromatic rings. The summed E-state index contributed by atoms with van der Waals surface area (Å²) in [4.78, 5) is 12.4. The third-order valence-corrected chi connectivity index (χ3v) is 4.62. The normalized spacial score (nSPS) is 12.1. The van der Waals surface area contributed by atoms with Crippen molar-refractivity contribution in [3.63, 3.8) is 0 Å². The van der Waals surface area contributed by atoms with Crippen molar-refractivity contribution in [1.82, 2.24) is 5.43 Å². The molecular weight excluding hydrogens is 406 g/mol. The maximum atomic E-state index is 12.4. The van der Waals surface area contributed by atoms with Crippen LogP contribution in [0.1, 0.15) is 12.5 Å². The number of methoxy groups -OCH3 is 1. The number of amides is 1. The van der Waals surface area contributed by atoms with Crippen LogP contribution in [0.2, 0.25) is 0 Å². The van der Waals surface area contributed by atoms with Crippen LogP contribution >= 0.6 is 15.9 Å². The first-order valence-electron chi connectivity index (χ1n) is 8.49. The third kappa shape index (κ3) is 4.65. The summed E-state index contributed by atoms with van der Waals surface area (Å²) < 4.78 is 6.19. The van der Waals surface area contributed by atoms with Crippen molar-refractivity contribution in [2.45, 2.75) is 13.0 Å². The van der Waals surface area contributed by atoms with Gasteiger partial charge in [-0.1, -0.05) is 52.3 Å². The zero-order chi connectivity index (χ0) is 19.2. The summed E-state index contributed by atoms with van der Waals surface area (Å²) in [5.74, 6) is 0.450. The number of nitrogens with zero attached hydrogens (tertiary/aromatic N) is 1. The molecule has 0 radical (unpaired) electrons. The molecule has 3 aromatic carbocycles. The number of hydrogen-bond acceptors (Lipinski definition) is 4. The number of nitrogens with one attached hydrogen (secondary N) is 2. The topological polar surface area (TPSA) is 62.7 Å². The molecule has 0 heterocycles. The lowest BCUT2D eigenvalue weighted by atomic mass is 10.1. The van der Waals surface area contributed by atoms with Crippen molar-refractivity contribution in [2.75, 3.05) is 12.4 Å². The fourth-order valence-corrected chi connectivity index (χ4v) is 3.10. The summed E-state index contributed by atoms with van der Waals surface area (Å²) in [6, 6.07) is 19.1. The Bertz CT molecular complexity index is 983. The van der Waals surface area contributed by atoms with Crippen LogP contribution < -0.4 is 15.5 Å². The van der Waals surface area contributed by atoms with Gasteiger partial charge in [0.2, 0.25) is 0 Å². The Labute approximate surface area is 166 Å². The van der Waals surface area contributed by atoms with Gasteiger partial charge in [0.15, 0.2) is 0 Å². The van der Waals surface area contributed by atoms with E-state index in [2.05, 4.69) is 31.8 Å². The van der Waals surface area contributed by atoms with Gasteiger partial charge in [-0.15, -0.1) is 0 Å². The quantitative estimate of drug-likeness (QED) is 0.449. The Morgan fingerprint density at radius 2 is 1.93 bits per heavy atom. The second-order valence-corrected chi connectivity index (χ2v) is 6.93. The van der Waals surface area contributed by atoms with Gasteiger partial charge in [-0.25, -0.2) is 5.43 Å². The lowest BCUT2D eigenvalue weighted by Gasteiger charge is -2.15. The summed E-state index contributed by atoms with van der Waals surface area (Å²) in [7, 11) is 1.59. The fourth-order valence-electron chi connectivity index (χ4n) is 2.72. The van der Waals surface area contributed by atoms with Gasteiger partial charge in [-0.3, -0.25) is 4.79 Å². The fraction of sp³-hybridized carbons (Fsp3) is 0.143. The number of halogens is 1. The molecule has 0 bridgehead atoms. The highest BCUT2D eigenvalue weighted by Crippen LogP contribution is 2.23. The predicted molar refractivity (Wildman–Crippen MR) is 113 cm³/mol. The first-order chi connectivity index (χ1) is 13.1. The summed E-state index contributed by atoms with van der Waals surface area (Å²) in [5, 5.41) is 9.49. The van der Waals surface area contributed by atoms with Crippen LogP contribution in [0.4, 0.5) is 5.69 Å². The maximum absolute atomic E-state index is 12.4. The summed E-state index contributed by atoms with van der Waals surface area (Å²) in [5.41, 5.74) is 4.24. The highest BCUT2D eigenvalue weighted by atomic mass is 79.9. The second-order valence-electron chi connectivity index (χ2n) is 6.01. The molecule has 0 aromatic heterocycles. The van der Waals surface area contributed by atoms with Gasteiger partial charge in [0.25, 0.3) is 5.91 Å². The summed E-state index contributed by atoms with van der Waals surface area (Å²) in [6.45, 7) is 1.80. The van der Waals surface area contributed by atoms with Crippen molar-refractivity contribution in [3.8, 4) is 5.75 Å². The number of fused-ring (bicyclic) bond motifs is 1. The molecule has 1 amide bonds. The lowest BCUT2D eigenvalue weighted by molar-refractivity contribution is -0.121. The smallest absolute Gasteiger partial charge is 0.262 e. The van der Waals surface area contributed by atoms with E-state index in [9.17, 15) is 4.79 Å². The number of benzene rings is 3. The minimum Gasteiger partial charge on any atom is -0.496 e. The van der Waals surface area contributed by atoms with Crippen LogP contribution in [0.3, 0.4) is 0 Å². The lowest BCUT2D eigenvalue weighted by Crippen LogP contribution is -2.34. The molecule has 0 fully saturated rings. The maximum Gasteiger partial charge on any atom is 0.262 e. The Hall–Kier alpha value is -2.86. The molecule has 5 nitrogen and oxygen atoms in total. The van der Waals surface area contributed by atoms with E-state index >= 15 is 0 Å². The zero-order valence-corrected chi connectivity index (χ0v) is 16.7. The Morgan fingerprint density at radius 1 is 1.15 bits per heavy atom. The Morgan fingerprint density at radius 3 is 2.74 bits per heavy atom. The number of hydrazone groups is 1. The van der Waals surface area contributed by atoms with Gasteiger partial charge in [-0.2, -0.15) is 5.10 Å². The van der Waals surface area contributed by atoms with Gasteiger partial charge in [-0.05, 0) is 36.6 Å². The van der Waals surface area contributed by atoms with Crippen LogP contribution in [0.15, 0.2) is 70.2 Å². The van der Waals surface area contributed by atoms with E-state index in [0.29, 0.717) is 5.75 Å². The van der Waals surface area contributed by atoms with Crippen molar-refractivity contribution in [3.05, 3.63) is 70.7 Å². The first kappa shape index (κ1) is 18.9. The molecule has 1 atom stereocenters. The SMILES string of the molecule is COc1ccc(Br)cc1/C=N\NC(=O)[C@H](C)Nc1cccc2ccccc12. The van der Waals surface area contributed by atoms with E-state index in [1.165, 1.54) is 0 Å². The molecule has 0 saturated carbocycles. The van der Waals surface area contributed by atoms with Gasteiger partial charge in [0, 0.05) is 21.1 Å². The molecule has 3 rings (SSSR count). The molecular formula is C21H20BrN3O2. The largest absolute Gasteiger partial charge is 0.496 e. The van der Waals surface area contributed by atoms with Crippen molar-refractivity contribution >= 4 is 44.5 Å². The van der Waals surface area contributed by atoms with Gasteiger partial charge in [0.05, 0.1) is 13.3 Å². The number of hydrogen-bond donors (Lipinski definition) is 2. The molecule has 27 heavy (non-hydrogen) atoms. The van der Waals surface area contributed by atoms with E-state index < -0.39 is 6.04 Å². The molecule has 0 saturated heterocycles. The monoisotopic (exact) mass is 425 g/mol. The molecule has 6 heteroatoms. The average molecular weight is 426 g/mol. The molecule has 0 aliphatic carbocycles. The number of anilines is 1. The van der Waals surface area contributed by atoms with Crippen molar-refractivity contribution < 1.29 is 9.53 Å². The average Bonchev–Trinajstić information content (AvgIpc) is 2.68. The highest BCUT2D eigenvalue weighted by Gasteiger charge is 2.13. The predicted octanol–water partition coefficient (Wildman–Crippen LogP) is 4.56. The van der Waals surface area contributed by atoms with Crippen LogP contribution in [-0.4, -0.2) is 25.3 Å². The molecule has 2 N–H and O–H groups in total. The minimum atomic E-state index is -0.447. The standard InChI is InChI=1S/C21H20BrN3O2/c1-14(24-19-9-5-7-15-6-3-4-8-18(15)19)21(26)25-23-13-16-12-17(22)10-11-20(16)27-2/h3-14,24H,1-2H3,(H,25,26)/b23-13-/t14-/m0/s1. The number of carbonyl (C=O) groups excluding carboxylic acids is 1. The Kier molecular flexibility index (Phi) is 6.08. The van der Waals surface area contributed by atoms with E-state index in [-0.39, 0.29) is 5.91 Å². The van der Waals surface area contributed by atoms with E-state index in [1.54, 1.807) is 20.2 Å². The second kappa shape index (κ2) is 8.68. The summed E-state index contributed by atoms with van der Waals surface area (Å²) >= 11 is 3.41. The van der Waals surface area contributed by atoms with Crippen LogP contribution in [0.5, 0.6) is 5.75 Å². The number of rotatable bonds is 6. The number of ether oxygens (including phenoxy) is 1. The van der Waals surface area contributed by atoms with Gasteiger partial charge in [0.1, 0.15) is 11.8 Å². The highest BCUT2D eigenvalue weighted by molar-refractivity contribution is 9.10. The van der Waals surface area contributed by atoms with Gasteiger partial charge >= 0.3 is 0 Å². The zero-order valence-electron chi connectivity index (χ0n) is 15.1. The molecule has 0 unspecified atom stereocenters. The molecule has 138 valence electrons. The van der Waals surface area contributed by atoms with Crippen LogP contribution in [-0.2, 0) is 4.79 Å². The van der Waals surface area contributed by atoms with Crippen LogP contribution in [0.25, 0.3) is 10.8 Å². The van der Waals surface area contributed by atoms with Crippen molar-refractivity contribution in [1.29, 1.82) is 0 Å². The molecule has 0 aliphatic heterocycles. The van der Waals surface area contributed by atoms with E-state index in [1.807, 2.05) is 60.7 Å². The summed E-state index contributed by atoms with van der Waals surface area (Å²) in [6.07, 6.45) is 1.56. The van der Waals surface area contributed by atoms with E-state index in [0.717, 1.165) is 26.5 Å². The van der Waals surface area contributed by atoms with Gasteiger partial charge < -0.3 is 10.1 Å². The third-order valence-electron chi connectivity index (χ3n) is 4.13. The van der Waals surface area contributed by atoms with Crippen molar-refractivity contribution in [2.24, 2.45) is 5.10 Å². The minimum absolute atomic E-state index is 0.229. The first-order valence-corrected chi connectivity index (χ1v) is 9.28. The molecule has 0 spiro atoms. The Balaban J connectivity index is 1.67.